The molecule has 0 spiro atoms. The van der Waals surface area contributed by atoms with Gasteiger partial charge in [0.05, 0.1) is 18.8 Å². The molecule has 2 atom stereocenters. The Balaban J connectivity index is 3.78. The molecule has 0 aromatic rings. The van der Waals surface area contributed by atoms with Gasteiger partial charge in [-0.25, -0.2) is 0 Å². The minimum atomic E-state index is -0.827. The zero-order valence-corrected chi connectivity index (χ0v) is 19.3. The van der Waals surface area contributed by atoms with E-state index in [1.165, 1.54) is 77.0 Å². The van der Waals surface area contributed by atoms with E-state index in [1.807, 2.05) is 6.08 Å². The SMILES string of the molecule is CCCCCCCCC/C=C/C(O)C(CO)NC(=O)CCCCCCCCCC. The number of carbonyl (C=O) groups is 1. The highest BCUT2D eigenvalue weighted by Gasteiger charge is 2.17. The predicted molar refractivity (Wildman–Crippen MR) is 124 cm³/mol. The molecule has 0 aliphatic carbocycles. The summed E-state index contributed by atoms with van der Waals surface area (Å²) in [6, 6.07) is -0.609. The predicted octanol–water partition coefficient (Wildman–Crippen LogP) is 6.05. The van der Waals surface area contributed by atoms with Crippen LogP contribution >= 0.6 is 0 Å². The third kappa shape index (κ3) is 18.9. The molecular formula is C25H49NO3. The molecule has 4 nitrogen and oxygen atoms in total. The summed E-state index contributed by atoms with van der Waals surface area (Å²) < 4.78 is 0. The maximum absolute atomic E-state index is 12.1. The summed E-state index contributed by atoms with van der Waals surface area (Å²) in [5, 5.41) is 22.5. The second-order valence-electron chi connectivity index (χ2n) is 8.41. The maximum atomic E-state index is 12.1. The first-order chi connectivity index (χ1) is 14.2. The van der Waals surface area contributed by atoms with Crippen molar-refractivity contribution >= 4 is 5.91 Å². The topological polar surface area (TPSA) is 69.6 Å². The average Bonchev–Trinajstić information content (AvgIpc) is 2.72. The number of rotatable bonds is 21. The quantitative estimate of drug-likeness (QED) is 0.159. The second-order valence-corrected chi connectivity index (χ2v) is 8.41. The Hall–Kier alpha value is -0.870. The first-order valence-electron chi connectivity index (χ1n) is 12.4. The van der Waals surface area contributed by atoms with Gasteiger partial charge in [-0.15, -0.1) is 0 Å². The minimum absolute atomic E-state index is 0.0745. The molecule has 0 aliphatic heterocycles. The van der Waals surface area contributed by atoms with E-state index in [9.17, 15) is 15.0 Å². The highest BCUT2D eigenvalue weighted by molar-refractivity contribution is 5.76. The summed E-state index contributed by atoms with van der Waals surface area (Å²) in [5.74, 6) is -0.0745. The van der Waals surface area contributed by atoms with E-state index in [0.29, 0.717) is 6.42 Å². The molecule has 0 aromatic carbocycles. The summed E-state index contributed by atoms with van der Waals surface area (Å²) in [7, 11) is 0. The zero-order chi connectivity index (χ0) is 21.6. The summed E-state index contributed by atoms with van der Waals surface area (Å²) >= 11 is 0. The van der Waals surface area contributed by atoms with Crippen molar-refractivity contribution in [2.24, 2.45) is 0 Å². The molecule has 0 saturated carbocycles. The largest absolute Gasteiger partial charge is 0.394 e. The van der Waals surface area contributed by atoms with Crippen LogP contribution in [0.15, 0.2) is 12.2 Å². The van der Waals surface area contributed by atoms with Gasteiger partial charge < -0.3 is 15.5 Å². The molecule has 172 valence electrons. The molecule has 0 aromatic heterocycles. The highest BCUT2D eigenvalue weighted by Crippen LogP contribution is 2.11. The monoisotopic (exact) mass is 411 g/mol. The van der Waals surface area contributed by atoms with Crippen molar-refractivity contribution in [2.45, 2.75) is 135 Å². The normalized spacial score (nSPS) is 13.7. The molecule has 1 amide bonds. The van der Waals surface area contributed by atoms with E-state index in [-0.39, 0.29) is 12.5 Å². The highest BCUT2D eigenvalue weighted by atomic mass is 16.3. The molecular weight excluding hydrogens is 362 g/mol. The number of carbonyl (C=O) groups excluding carboxylic acids is 1. The van der Waals surface area contributed by atoms with Crippen molar-refractivity contribution in [3.63, 3.8) is 0 Å². The van der Waals surface area contributed by atoms with E-state index >= 15 is 0 Å². The summed E-state index contributed by atoms with van der Waals surface area (Å²) in [4.78, 5) is 12.1. The number of aliphatic hydroxyl groups is 2. The Morgan fingerprint density at radius 3 is 1.79 bits per heavy atom. The molecule has 0 radical (unpaired) electrons. The Bertz CT molecular complexity index is 384. The molecule has 0 fully saturated rings. The van der Waals surface area contributed by atoms with Crippen molar-refractivity contribution in [3.8, 4) is 0 Å². The lowest BCUT2D eigenvalue weighted by Crippen LogP contribution is -2.45. The van der Waals surface area contributed by atoms with Gasteiger partial charge in [-0.05, 0) is 19.3 Å². The number of aliphatic hydroxyl groups excluding tert-OH is 2. The molecule has 0 heterocycles. The van der Waals surface area contributed by atoms with Crippen molar-refractivity contribution < 1.29 is 15.0 Å². The molecule has 3 N–H and O–H groups in total. The smallest absolute Gasteiger partial charge is 0.220 e. The van der Waals surface area contributed by atoms with Crippen molar-refractivity contribution in [2.75, 3.05) is 6.61 Å². The summed E-state index contributed by atoms with van der Waals surface area (Å²) in [6.07, 6.45) is 22.8. The fourth-order valence-electron chi connectivity index (χ4n) is 3.53. The van der Waals surface area contributed by atoms with Gasteiger partial charge in [0.2, 0.25) is 5.91 Å². The van der Waals surface area contributed by atoms with Gasteiger partial charge in [-0.2, -0.15) is 0 Å². The second kappa shape index (κ2) is 21.8. The number of unbranched alkanes of at least 4 members (excludes halogenated alkanes) is 14. The molecule has 0 aliphatic rings. The average molecular weight is 412 g/mol. The first kappa shape index (κ1) is 28.1. The van der Waals surface area contributed by atoms with Crippen LogP contribution in [0.5, 0.6) is 0 Å². The fraction of sp³-hybridized carbons (Fsp3) is 0.880. The van der Waals surface area contributed by atoms with Gasteiger partial charge in [0, 0.05) is 6.42 Å². The van der Waals surface area contributed by atoms with Gasteiger partial charge >= 0.3 is 0 Å². The van der Waals surface area contributed by atoms with Gasteiger partial charge in [-0.3, -0.25) is 4.79 Å². The number of hydrogen-bond acceptors (Lipinski definition) is 3. The minimum Gasteiger partial charge on any atom is -0.394 e. The molecule has 29 heavy (non-hydrogen) atoms. The summed E-state index contributed by atoms with van der Waals surface area (Å²) in [5.41, 5.74) is 0. The molecule has 2 unspecified atom stereocenters. The Morgan fingerprint density at radius 2 is 1.28 bits per heavy atom. The van der Waals surface area contributed by atoms with Gasteiger partial charge in [-0.1, -0.05) is 109 Å². The van der Waals surface area contributed by atoms with Crippen molar-refractivity contribution in [1.29, 1.82) is 0 Å². The summed E-state index contributed by atoms with van der Waals surface area (Å²) in [6.45, 7) is 4.21. The van der Waals surface area contributed by atoms with Gasteiger partial charge in [0.1, 0.15) is 0 Å². The first-order valence-corrected chi connectivity index (χ1v) is 12.4. The van der Waals surface area contributed by atoms with Crippen LogP contribution < -0.4 is 5.32 Å². The van der Waals surface area contributed by atoms with E-state index in [0.717, 1.165) is 25.7 Å². The number of hydrogen-bond donors (Lipinski definition) is 3. The third-order valence-corrected chi connectivity index (χ3v) is 5.52. The molecule has 4 heteroatoms. The van der Waals surface area contributed by atoms with Crippen LogP contribution in [0.4, 0.5) is 0 Å². The maximum Gasteiger partial charge on any atom is 0.220 e. The number of nitrogens with one attached hydrogen (secondary N) is 1. The van der Waals surface area contributed by atoms with Gasteiger partial charge in [0.25, 0.3) is 0 Å². The lowest BCUT2D eigenvalue weighted by molar-refractivity contribution is -0.123. The molecule has 0 rings (SSSR count). The van der Waals surface area contributed by atoms with E-state index in [2.05, 4.69) is 19.2 Å². The van der Waals surface area contributed by atoms with Gasteiger partial charge in [0.15, 0.2) is 0 Å². The lowest BCUT2D eigenvalue weighted by atomic mass is 10.1. The van der Waals surface area contributed by atoms with E-state index in [1.54, 1.807) is 6.08 Å². The molecule has 0 bridgehead atoms. The van der Waals surface area contributed by atoms with Crippen LogP contribution in [0, 0.1) is 0 Å². The third-order valence-electron chi connectivity index (χ3n) is 5.52. The number of amides is 1. The van der Waals surface area contributed by atoms with E-state index < -0.39 is 12.1 Å². The zero-order valence-electron chi connectivity index (χ0n) is 19.3. The van der Waals surface area contributed by atoms with Crippen LogP contribution in [0.1, 0.15) is 123 Å². The van der Waals surface area contributed by atoms with Crippen molar-refractivity contribution in [3.05, 3.63) is 12.2 Å². The Morgan fingerprint density at radius 1 is 0.793 bits per heavy atom. The lowest BCUT2D eigenvalue weighted by Gasteiger charge is -2.20. The molecule has 0 saturated heterocycles. The van der Waals surface area contributed by atoms with Crippen LogP contribution in [0.3, 0.4) is 0 Å². The standard InChI is InChI=1S/C25H49NO3/c1-3-5-7-9-11-13-14-16-18-20-24(28)23(22-27)26-25(29)21-19-17-15-12-10-8-6-4-2/h18,20,23-24,27-28H,3-17,19,21-22H2,1-2H3,(H,26,29)/b20-18+. The van der Waals surface area contributed by atoms with Crippen molar-refractivity contribution in [1.82, 2.24) is 5.32 Å². The number of allylic oxidation sites excluding steroid dienone is 1. The fourth-order valence-corrected chi connectivity index (χ4v) is 3.53. The van der Waals surface area contributed by atoms with Crippen LogP contribution in [0.25, 0.3) is 0 Å². The Labute approximate surface area is 180 Å². The van der Waals surface area contributed by atoms with Crippen LogP contribution in [0.2, 0.25) is 0 Å². The van der Waals surface area contributed by atoms with Crippen LogP contribution in [-0.4, -0.2) is 34.9 Å². The Kier molecular flexibility index (Phi) is 21.2. The van der Waals surface area contributed by atoms with Crippen LogP contribution in [-0.2, 0) is 4.79 Å². The van der Waals surface area contributed by atoms with E-state index in [4.69, 9.17) is 0 Å².